The number of para-hydroxylation sites is 1. The maximum atomic E-state index is 13.7. The van der Waals surface area contributed by atoms with E-state index in [2.05, 4.69) is 20.6 Å². The number of nitrogens with zero attached hydrogens (tertiary/aromatic N) is 2. The van der Waals surface area contributed by atoms with E-state index in [9.17, 15) is 8.78 Å². The topological polar surface area (TPSA) is 49.8 Å². The summed E-state index contributed by atoms with van der Waals surface area (Å²) in [6.45, 7) is 0.529. The monoisotopic (exact) mass is 346 g/mol. The van der Waals surface area contributed by atoms with E-state index < -0.39 is 11.6 Å². The van der Waals surface area contributed by atoms with Crippen molar-refractivity contribution in [2.75, 3.05) is 10.6 Å². The van der Waals surface area contributed by atoms with E-state index in [4.69, 9.17) is 11.6 Å². The number of hydrogen-bond acceptors (Lipinski definition) is 4. The maximum absolute atomic E-state index is 13.7. The van der Waals surface area contributed by atoms with E-state index in [1.54, 1.807) is 18.2 Å². The quantitative estimate of drug-likeness (QED) is 0.699. The van der Waals surface area contributed by atoms with Gasteiger partial charge < -0.3 is 10.6 Å². The maximum Gasteiger partial charge on any atom is 0.149 e. The fourth-order valence-corrected chi connectivity index (χ4v) is 2.19. The number of benzene rings is 2. The van der Waals surface area contributed by atoms with Crippen molar-refractivity contribution in [3.05, 3.63) is 77.1 Å². The standard InChI is InChI=1S/C17H13ClF2N4/c18-12-6-4-11(5-7-12)9-21-15-8-16(23-10-22-15)24-17-13(19)2-1-3-14(17)20/h1-8,10H,9H2,(H2,21,22,23,24). The molecular weight excluding hydrogens is 334 g/mol. The van der Waals surface area contributed by atoms with Crippen LogP contribution in [0.3, 0.4) is 0 Å². The lowest BCUT2D eigenvalue weighted by Crippen LogP contribution is -2.04. The molecule has 0 unspecified atom stereocenters. The number of rotatable bonds is 5. The van der Waals surface area contributed by atoms with E-state index in [-0.39, 0.29) is 11.5 Å². The van der Waals surface area contributed by atoms with Gasteiger partial charge in [0.1, 0.15) is 35.3 Å². The zero-order chi connectivity index (χ0) is 16.9. The largest absolute Gasteiger partial charge is 0.366 e. The predicted molar refractivity (Wildman–Crippen MR) is 90.5 cm³/mol. The minimum Gasteiger partial charge on any atom is -0.366 e. The van der Waals surface area contributed by atoms with Crippen LogP contribution in [0.4, 0.5) is 26.1 Å². The summed E-state index contributed by atoms with van der Waals surface area (Å²) in [6.07, 6.45) is 1.31. The number of aromatic nitrogens is 2. The van der Waals surface area contributed by atoms with Crippen molar-refractivity contribution in [1.29, 1.82) is 0 Å². The lowest BCUT2D eigenvalue weighted by molar-refractivity contribution is 0.590. The van der Waals surface area contributed by atoms with Crippen LogP contribution >= 0.6 is 11.6 Å². The highest BCUT2D eigenvalue weighted by Gasteiger charge is 2.09. The van der Waals surface area contributed by atoms with Gasteiger partial charge in [-0.25, -0.2) is 18.7 Å². The first kappa shape index (κ1) is 16.1. The van der Waals surface area contributed by atoms with Crippen LogP contribution in [-0.4, -0.2) is 9.97 Å². The van der Waals surface area contributed by atoms with Crippen LogP contribution < -0.4 is 10.6 Å². The Morgan fingerprint density at radius 2 is 1.58 bits per heavy atom. The van der Waals surface area contributed by atoms with Crippen molar-refractivity contribution >= 4 is 28.9 Å². The van der Waals surface area contributed by atoms with E-state index in [1.807, 2.05) is 12.1 Å². The molecule has 0 aliphatic carbocycles. The van der Waals surface area contributed by atoms with Crippen LogP contribution in [0.5, 0.6) is 0 Å². The third-order valence-corrected chi connectivity index (χ3v) is 3.52. The van der Waals surface area contributed by atoms with E-state index in [1.165, 1.54) is 24.5 Å². The molecule has 122 valence electrons. The Morgan fingerprint density at radius 1 is 0.917 bits per heavy atom. The van der Waals surface area contributed by atoms with Gasteiger partial charge in [0.25, 0.3) is 0 Å². The molecule has 24 heavy (non-hydrogen) atoms. The average molecular weight is 347 g/mol. The molecule has 3 rings (SSSR count). The van der Waals surface area contributed by atoms with E-state index in [0.717, 1.165) is 5.56 Å². The summed E-state index contributed by atoms with van der Waals surface area (Å²) in [7, 11) is 0. The van der Waals surface area contributed by atoms with Crippen molar-refractivity contribution in [3.63, 3.8) is 0 Å². The second-order valence-corrected chi connectivity index (χ2v) is 5.43. The molecule has 0 fully saturated rings. The first-order valence-corrected chi connectivity index (χ1v) is 7.51. The normalized spacial score (nSPS) is 10.5. The number of nitrogens with one attached hydrogen (secondary N) is 2. The van der Waals surface area contributed by atoms with Gasteiger partial charge in [0.2, 0.25) is 0 Å². The summed E-state index contributed by atoms with van der Waals surface area (Å²) in [5.74, 6) is -0.569. The molecule has 7 heteroatoms. The molecule has 0 amide bonds. The highest BCUT2D eigenvalue weighted by atomic mass is 35.5. The molecule has 0 atom stereocenters. The molecule has 1 heterocycles. The van der Waals surface area contributed by atoms with Crippen molar-refractivity contribution in [2.24, 2.45) is 0 Å². The highest BCUT2D eigenvalue weighted by Crippen LogP contribution is 2.22. The van der Waals surface area contributed by atoms with Gasteiger partial charge in [0.15, 0.2) is 0 Å². The molecule has 2 N–H and O–H groups in total. The zero-order valence-electron chi connectivity index (χ0n) is 12.4. The van der Waals surface area contributed by atoms with Gasteiger partial charge in [0.05, 0.1) is 0 Å². The zero-order valence-corrected chi connectivity index (χ0v) is 13.2. The number of hydrogen-bond donors (Lipinski definition) is 2. The SMILES string of the molecule is Fc1cccc(F)c1Nc1cc(NCc2ccc(Cl)cc2)ncn1. The molecule has 0 bridgehead atoms. The molecule has 0 aliphatic rings. The fraction of sp³-hybridized carbons (Fsp3) is 0.0588. The van der Waals surface area contributed by atoms with Gasteiger partial charge in [0, 0.05) is 17.6 Å². The first-order chi connectivity index (χ1) is 11.6. The van der Waals surface area contributed by atoms with Crippen molar-refractivity contribution < 1.29 is 8.78 Å². The van der Waals surface area contributed by atoms with E-state index >= 15 is 0 Å². The van der Waals surface area contributed by atoms with Crippen molar-refractivity contribution in [3.8, 4) is 0 Å². The molecule has 0 radical (unpaired) electrons. The Labute approximate surface area is 142 Å². The Kier molecular flexibility index (Phi) is 4.86. The second-order valence-electron chi connectivity index (χ2n) is 4.99. The number of halogens is 3. The van der Waals surface area contributed by atoms with Crippen LogP contribution in [0.25, 0.3) is 0 Å². The van der Waals surface area contributed by atoms with Gasteiger partial charge in [-0.15, -0.1) is 0 Å². The Balaban J connectivity index is 1.71. The molecule has 3 aromatic rings. The van der Waals surface area contributed by atoms with Crippen molar-refractivity contribution in [2.45, 2.75) is 6.54 Å². The fourth-order valence-electron chi connectivity index (χ4n) is 2.06. The van der Waals surface area contributed by atoms with Crippen molar-refractivity contribution in [1.82, 2.24) is 9.97 Å². The van der Waals surface area contributed by atoms with Crippen LogP contribution in [0.1, 0.15) is 5.56 Å². The number of anilines is 3. The molecule has 0 saturated carbocycles. The van der Waals surface area contributed by atoms with Crippen LogP contribution in [0.15, 0.2) is 54.9 Å². The van der Waals surface area contributed by atoms with Gasteiger partial charge in [-0.1, -0.05) is 29.8 Å². The summed E-state index contributed by atoms with van der Waals surface area (Å²) >= 11 is 5.84. The highest BCUT2D eigenvalue weighted by molar-refractivity contribution is 6.30. The minimum absolute atomic E-state index is 0.250. The third-order valence-electron chi connectivity index (χ3n) is 3.27. The second kappa shape index (κ2) is 7.23. The van der Waals surface area contributed by atoms with Crippen LogP contribution in [0, 0.1) is 11.6 Å². The van der Waals surface area contributed by atoms with Crippen LogP contribution in [0.2, 0.25) is 5.02 Å². The molecule has 0 spiro atoms. The summed E-state index contributed by atoms with van der Waals surface area (Å²) in [5, 5.41) is 6.41. The molecule has 2 aromatic carbocycles. The van der Waals surface area contributed by atoms with Gasteiger partial charge >= 0.3 is 0 Å². The Morgan fingerprint density at radius 3 is 2.29 bits per heavy atom. The molecular formula is C17H13ClF2N4. The lowest BCUT2D eigenvalue weighted by Gasteiger charge is -2.10. The van der Waals surface area contributed by atoms with Crippen LogP contribution in [-0.2, 0) is 6.54 Å². The summed E-state index contributed by atoms with van der Waals surface area (Å²) < 4.78 is 27.3. The average Bonchev–Trinajstić information content (AvgIpc) is 2.58. The molecule has 0 aliphatic heterocycles. The third kappa shape index (κ3) is 3.97. The van der Waals surface area contributed by atoms with Gasteiger partial charge in [-0.05, 0) is 29.8 Å². The first-order valence-electron chi connectivity index (χ1n) is 7.13. The summed E-state index contributed by atoms with van der Waals surface area (Å²) in [5.41, 5.74) is 0.771. The Bertz CT molecular complexity index is 820. The van der Waals surface area contributed by atoms with Gasteiger partial charge in [-0.2, -0.15) is 0 Å². The lowest BCUT2D eigenvalue weighted by atomic mass is 10.2. The smallest absolute Gasteiger partial charge is 0.149 e. The predicted octanol–water partition coefficient (Wildman–Crippen LogP) is 4.76. The minimum atomic E-state index is -0.690. The summed E-state index contributed by atoms with van der Waals surface area (Å²) in [6, 6.07) is 12.6. The molecule has 1 aromatic heterocycles. The molecule has 0 saturated heterocycles. The Hall–Kier alpha value is -2.73. The van der Waals surface area contributed by atoms with Gasteiger partial charge in [-0.3, -0.25) is 0 Å². The summed E-state index contributed by atoms with van der Waals surface area (Å²) in [4.78, 5) is 8.05. The van der Waals surface area contributed by atoms with E-state index in [0.29, 0.717) is 17.4 Å². The molecule has 4 nitrogen and oxygen atoms in total.